The highest BCUT2D eigenvalue weighted by atomic mass is 15.2. The Morgan fingerprint density at radius 2 is 0.397 bits per heavy atom. The van der Waals surface area contributed by atoms with Gasteiger partial charge in [0.2, 0.25) is 0 Å². The summed E-state index contributed by atoms with van der Waals surface area (Å²) in [5.74, 6) is 1.43. The van der Waals surface area contributed by atoms with Crippen LogP contribution in [-0.4, -0.2) is 0 Å². The molecule has 0 saturated heterocycles. The van der Waals surface area contributed by atoms with Crippen LogP contribution in [0, 0.1) is 13.8 Å². The summed E-state index contributed by atoms with van der Waals surface area (Å²) in [7, 11) is 0. The van der Waals surface area contributed by atoms with Crippen molar-refractivity contribution in [1.82, 2.24) is 0 Å². The highest BCUT2D eigenvalue weighted by Crippen LogP contribution is 2.46. The van der Waals surface area contributed by atoms with Crippen molar-refractivity contribution in [3.05, 3.63) is 501 Å². The maximum Gasteiger partial charge on any atom is 0.0491 e. The highest BCUT2D eigenvalue weighted by molar-refractivity contribution is 6.00. The van der Waals surface area contributed by atoms with Gasteiger partial charge < -0.3 is 14.7 Å². The Labute approximate surface area is 773 Å². The zero-order valence-electron chi connectivity index (χ0n) is 74.7. The van der Waals surface area contributed by atoms with Crippen LogP contribution in [0.15, 0.2) is 479 Å². The maximum absolute atomic E-state index is 2.42. The fourth-order valence-electron chi connectivity index (χ4n) is 20.0. The third-order valence-electron chi connectivity index (χ3n) is 26.9. The second kappa shape index (κ2) is 39.4. The molecule has 0 unspecified atom stereocenters. The van der Waals surface area contributed by atoms with Crippen LogP contribution in [0.3, 0.4) is 0 Å². The number of anilines is 9. The first-order chi connectivity index (χ1) is 64.8. The van der Waals surface area contributed by atoms with Crippen LogP contribution in [0.2, 0.25) is 0 Å². The van der Waals surface area contributed by atoms with E-state index < -0.39 is 0 Å². The number of nitrogens with zero attached hydrogens (tertiary/aromatic N) is 3. The average molecular weight is 1690 g/mol. The standard InChI is InChI=1S/C46H39N.C42H33N.C40H35N/c1-3-11-34(12-4-1)40-15-9-16-41(33-40)37-27-31-44(32-28-37)47(42-17-5-2-6-18-42)43-29-25-36(26-30-43)35-21-23-39(24-22-35)46-20-10-14-38-13-7-8-19-45(38)46;1-30-28-36(32-12-5-3-6-13-32)22-26-41(30)43(42-27-23-37(29-31(42)2)33-14-7-4-8-15-33)38-24-20-35(21-25-38)40-19-11-17-34-16-9-10-18-39(34)40;1-3-11-30(12-4-1)34-15-9-16-35(29-34)31-21-25-37(26-22-31)41(36-17-5-2-6-18-36)38-27-23-33(24-28-38)40-20-10-14-32-13-7-8-19-39(32)40/h2,5-10,13-34H,1,3-4,11-12H2;3-29H,1-2H3;2,5-10,13-30H,1,3-4,11-12H2. The lowest BCUT2D eigenvalue weighted by molar-refractivity contribution is 0.444. The van der Waals surface area contributed by atoms with E-state index in [1.54, 1.807) is 0 Å². The summed E-state index contributed by atoms with van der Waals surface area (Å²) in [5.41, 5.74) is 35.8. The molecule has 0 radical (unpaired) electrons. The molecule has 22 rings (SSSR count). The minimum Gasteiger partial charge on any atom is -0.311 e. The predicted molar refractivity (Wildman–Crippen MR) is 561 cm³/mol. The van der Waals surface area contributed by atoms with Gasteiger partial charge in [0, 0.05) is 51.2 Å². The van der Waals surface area contributed by atoms with Gasteiger partial charge in [0.1, 0.15) is 0 Å². The van der Waals surface area contributed by atoms with Crippen LogP contribution in [-0.2, 0) is 0 Å². The van der Waals surface area contributed by atoms with Crippen molar-refractivity contribution >= 4 is 83.5 Å². The molecule has 0 atom stereocenters. The molecule has 634 valence electrons. The van der Waals surface area contributed by atoms with Gasteiger partial charge in [0.05, 0.1) is 0 Å². The first-order valence-corrected chi connectivity index (χ1v) is 46.9. The Morgan fingerprint density at radius 1 is 0.168 bits per heavy atom. The lowest BCUT2D eigenvalue weighted by Crippen LogP contribution is -2.12. The van der Waals surface area contributed by atoms with Gasteiger partial charge >= 0.3 is 0 Å². The van der Waals surface area contributed by atoms with Crippen LogP contribution in [0.4, 0.5) is 51.2 Å². The Kier molecular flexibility index (Phi) is 25.2. The number of para-hydroxylation sites is 2. The lowest BCUT2D eigenvalue weighted by Gasteiger charge is -2.29. The number of fused-ring (bicyclic) bond motifs is 3. The molecule has 2 aliphatic rings. The van der Waals surface area contributed by atoms with Gasteiger partial charge in [-0.3, -0.25) is 0 Å². The molecular weight excluding hydrogens is 1580 g/mol. The fraction of sp³-hybridized carbons (Fsp3) is 0.109. The summed E-state index contributed by atoms with van der Waals surface area (Å²) in [6, 6.07) is 174. The lowest BCUT2D eigenvalue weighted by atomic mass is 9.83. The van der Waals surface area contributed by atoms with E-state index in [0.717, 1.165) is 39.8 Å². The van der Waals surface area contributed by atoms with Crippen molar-refractivity contribution in [2.45, 2.75) is 89.9 Å². The molecular formula is C128H107N3. The largest absolute Gasteiger partial charge is 0.311 e. The third kappa shape index (κ3) is 18.8. The minimum absolute atomic E-state index is 0.710. The first kappa shape index (κ1) is 83.8. The van der Waals surface area contributed by atoms with Gasteiger partial charge in [0.25, 0.3) is 0 Å². The smallest absolute Gasteiger partial charge is 0.0491 e. The topological polar surface area (TPSA) is 9.72 Å². The quantitative estimate of drug-likeness (QED) is 0.0799. The van der Waals surface area contributed by atoms with Crippen LogP contribution < -0.4 is 14.7 Å². The molecule has 0 aromatic heterocycles. The molecule has 0 bridgehead atoms. The van der Waals surface area contributed by atoms with E-state index in [4.69, 9.17) is 0 Å². The Balaban J connectivity index is 0.000000123. The highest BCUT2D eigenvalue weighted by Gasteiger charge is 2.23. The minimum atomic E-state index is 0.710. The maximum atomic E-state index is 2.42. The molecule has 20 aromatic carbocycles. The molecule has 0 spiro atoms. The fourth-order valence-corrected chi connectivity index (χ4v) is 20.0. The second-order valence-electron chi connectivity index (χ2n) is 35.2. The van der Waals surface area contributed by atoms with Gasteiger partial charge in [-0.15, -0.1) is 0 Å². The Bertz CT molecular complexity index is 7140. The summed E-state index contributed by atoms with van der Waals surface area (Å²) >= 11 is 0. The van der Waals surface area contributed by atoms with E-state index in [2.05, 4.69) is 508 Å². The molecule has 3 nitrogen and oxygen atoms in total. The molecule has 2 aliphatic carbocycles. The number of aryl methyl sites for hydroxylation is 2. The Morgan fingerprint density at radius 3 is 0.733 bits per heavy atom. The molecule has 3 heteroatoms. The Hall–Kier alpha value is -15.4. The summed E-state index contributed by atoms with van der Waals surface area (Å²) in [6.45, 7) is 4.43. The molecule has 131 heavy (non-hydrogen) atoms. The van der Waals surface area contributed by atoms with Gasteiger partial charge in [-0.1, -0.05) is 409 Å². The van der Waals surface area contributed by atoms with E-state index >= 15 is 0 Å². The van der Waals surface area contributed by atoms with E-state index in [0.29, 0.717) is 11.8 Å². The molecule has 2 fully saturated rings. The molecule has 2 saturated carbocycles. The number of hydrogen-bond donors (Lipinski definition) is 0. The van der Waals surface area contributed by atoms with Gasteiger partial charge in [-0.05, 0) is 304 Å². The molecule has 0 amide bonds. The SMILES string of the molecule is Cc1cc(-c2ccccc2)ccc1N(c1ccc(-c2cccc3ccccc23)cc1)c1ccc(-c2ccccc2)cc1C.c1ccc(N(c2ccc(-c3ccc(-c4cccc5ccccc45)cc3)cc2)c2ccc(-c3cccc(C4CCCCC4)c3)cc2)cc1.c1ccc(N(c2ccc(-c3cccc(C4CCCCC4)c3)cc2)c2ccc(-c3cccc4ccccc34)cc2)cc1. The second-order valence-corrected chi connectivity index (χ2v) is 35.2. The van der Waals surface area contributed by atoms with Crippen molar-refractivity contribution < 1.29 is 0 Å². The molecule has 0 aliphatic heterocycles. The summed E-state index contributed by atoms with van der Waals surface area (Å²) < 4.78 is 0. The van der Waals surface area contributed by atoms with Crippen molar-refractivity contribution in [3.63, 3.8) is 0 Å². The van der Waals surface area contributed by atoms with Crippen LogP contribution in [0.1, 0.15) is 98.3 Å². The van der Waals surface area contributed by atoms with Gasteiger partial charge in [-0.25, -0.2) is 0 Å². The first-order valence-electron chi connectivity index (χ1n) is 46.9. The van der Waals surface area contributed by atoms with Crippen molar-refractivity contribution in [3.8, 4) is 89.0 Å². The monoisotopic (exact) mass is 1690 g/mol. The van der Waals surface area contributed by atoms with E-state index in [1.807, 2.05) is 0 Å². The van der Waals surface area contributed by atoms with Gasteiger partial charge in [0.15, 0.2) is 0 Å². The van der Waals surface area contributed by atoms with Crippen LogP contribution in [0.25, 0.3) is 121 Å². The van der Waals surface area contributed by atoms with Gasteiger partial charge in [-0.2, -0.15) is 0 Å². The normalized spacial score (nSPS) is 12.7. The predicted octanol–water partition coefficient (Wildman–Crippen LogP) is 37.0. The zero-order valence-corrected chi connectivity index (χ0v) is 74.7. The number of rotatable bonds is 19. The van der Waals surface area contributed by atoms with Crippen molar-refractivity contribution in [2.75, 3.05) is 14.7 Å². The number of hydrogen-bond acceptors (Lipinski definition) is 3. The molecule has 0 heterocycles. The van der Waals surface area contributed by atoms with E-state index in [9.17, 15) is 0 Å². The van der Waals surface area contributed by atoms with E-state index in [1.165, 1.54) is 219 Å². The van der Waals surface area contributed by atoms with E-state index in [-0.39, 0.29) is 0 Å². The zero-order chi connectivity index (χ0) is 88.0. The molecule has 20 aromatic rings. The summed E-state index contributed by atoms with van der Waals surface area (Å²) in [6.07, 6.45) is 13.5. The summed E-state index contributed by atoms with van der Waals surface area (Å²) in [4.78, 5) is 7.09. The summed E-state index contributed by atoms with van der Waals surface area (Å²) in [5, 5.41) is 7.64. The van der Waals surface area contributed by atoms with Crippen LogP contribution in [0.5, 0.6) is 0 Å². The van der Waals surface area contributed by atoms with Crippen LogP contribution >= 0.6 is 0 Å². The van der Waals surface area contributed by atoms with Crippen molar-refractivity contribution in [2.24, 2.45) is 0 Å². The average Bonchev–Trinajstić information content (AvgIpc) is 0.767. The van der Waals surface area contributed by atoms with Crippen molar-refractivity contribution in [1.29, 1.82) is 0 Å². The third-order valence-corrected chi connectivity index (χ3v) is 26.9. The number of benzene rings is 20. The molecule has 0 N–H and O–H groups in total.